The number of alkyl halides is 3. The number of hydrogen-bond donors (Lipinski definition) is 1. The maximum Gasteiger partial charge on any atom is 0.401 e. The van der Waals surface area contributed by atoms with E-state index in [1.807, 2.05) is 5.32 Å². The molecule has 0 heterocycles. The fourth-order valence-electron chi connectivity index (χ4n) is 0.532. The second-order valence-corrected chi connectivity index (χ2v) is 2.84. The Bertz CT molecular complexity index is 153. The predicted octanol–water partition coefficient (Wildman–Crippen LogP) is 1.36. The third kappa shape index (κ3) is 6.15. The first-order valence-corrected chi connectivity index (χ1v) is 3.63. The van der Waals surface area contributed by atoms with Crippen molar-refractivity contribution in [3.05, 3.63) is 0 Å². The first-order chi connectivity index (χ1) is 5.33. The maximum absolute atomic E-state index is 11.5. The predicted molar refractivity (Wildman–Crippen MR) is 38.8 cm³/mol. The lowest BCUT2D eigenvalue weighted by Gasteiger charge is -2.08. The number of carbonyl (C=O) groups excluding carboxylic acids is 1. The second-order valence-electron chi connectivity index (χ2n) is 2.84. The Labute approximate surface area is 69.1 Å². The van der Waals surface area contributed by atoms with Crippen LogP contribution in [0.1, 0.15) is 13.8 Å². The first-order valence-electron chi connectivity index (χ1n) is 3.63. The van der Waals surface area contributed by atoms with E-state index in [0.29, 0.717) is 0 Å². The molecule has 0 saturated heterocycles. The Kier molecular flexibility index (Phi) is 4.23. The third-order valence-electron chi connectivity index (χ3n) is 1.27. The molecule has 0 bridgehead atoms. The highest BCUT2D eigenvalue weighted by atomic mass is 19.4. The molecule has 1 N–H and O–H groups in total. The van der Waals surface area contributed by atoms with Crippen LogP contribution in [-0.2, 0) is 4.79 Å². The van der Waals surface area contributed by atoms with Crippen LogP contribution in [-0.4, -0.2) is 25.0 Å². The Morgan fingerprint density at radius 3 is 2.25 bits per heavy atom. The fourth-order valence-corrected chi connectivity index (χ4v) is 0.532. The summed E-state index contributed by atoms with van der Waals surface area (Å²) in [5, 5.41) is 2.03. The summed E-state index contributed by atoms with van der Waals surface area (Å²) >= 11 is 0. The van der Waals surface area contributed by atoms with Crippen LogP contribution in [0.15, 0.2) is 0 Å². The normalized spacial score (nSPS) is 12.2. The van der Waals surface area contributed by atoms with Gasteiger partial charge >= 0.3 is 6.18 Å². The van der Waals surface area contributed by atoms with Gasteiger partial charge in [-0.2, -0.15) is 13.2 Å². The molecule has 0 aromatic heterocycles. The monoisotopic (exact) mass is 183 g/mol. The Balaban J connectivity index is 3.51. The van der Waals surface area contributed by atoms with E-state index >= 15 is 0 Å². The summed E-state index contributed by atoms with van der Waals surface area (Å²) < 4.78 is 34.6. The van der Waals surface area contributed by atoms with Gasteiger partial charge in [0, 0.05) is 5.92 Å². The van der Waals surface area contributed by atoms with E-state index in [4.69, 9.17) is 0 Å². The molecular formula is C7H12F3NO. The summed E-state index contributed by atoms with van der Waals surface area (Å²) in [7, 11) is 0. The highest BCUT2D eigenvalue weighted by molar-refractivity contribution is 5.82. The lowest BCUT2D eigenvalue weighted by Crippen LogP contribution is -2.34. The summed E-state index contributed by atoms with van der Waals surface area (Å²) in [6.45, 7) is 1.98. The van der Waals surface area contributed by atoms with Crippen LogP contribution < -0.4 is 5.32 Å². The number of hydrogen-bond acceptors (Lipinski definition) is 2. The largest absolute Gasteiger partial charge is 0.401 e. The molecule has 0 aliphatic heterocycles. The molecule has 0 saturated carbocycles. The van der Waals surface area contributed by atoms with Crippen LogP contribution in [0, 0.1) is 5.92 Å². The van der Waals surface area contributed by atoms with Crippen molar-refractivity contribution < 1.29 is 18.0 Å². The molecule has 0 aliphatic rings. The zero-order chi connectivity index (χ0) is 9.78. The molecule has 0 unspecified atom stereocenters. The highest BCUT2D eigenvalue weighted by Gasteiger charge is 2.26. The molecule has 0 fully saturated rings. The molecule has 0 spiro atoms. The van der Waals surface area contributed by atoms with Crippen molar-refractivity contribution in [3.8, 4) is 0 Å². The van der Waals surface area contributed by atoms with Gasteiger partial charge in [-0.05, 0) is 0 Å². The van der Waals surface area contributed by atoms with E-state index in [2.05, 4.69) is 0 Å². The van der Waals surface area contributed by atoms with E-state index in [-0.39, 0.29) is 18.2 Å². The van der Waals surface area contributed by atoms with Crippen molar-refractivity contribution >= 4 is 5.78 Å². The summed E-state index contributed by atoms with van der Waals surface area (Å²) in [5.74, 6) is -0.426. The SMILES string of the molecule is CC(C)C(=O)CNCC(F)(F)F. The topological polar surface area (TPSA) is 29.1 Å². The van der Waals surface area contributed by atoms with Crippen molar-refractivity contribution in [3.63, 3.8) is 0 Å². The average Bonchev–Trinajstić information content (AvgIpc) is 1.84. The van der Waals surface area contributed by atoms with E-state index in [0.717, 1.165) is 0 Å². The van der Waals surface area contributed by atoms with Gasteiger partial charge in [0.15, 0.2) is 0 Å². The highest BCUT2D eigenvalue weighted by Crippen LogP contribution is 2.11. The molecule has 0 radical (unpaired) electrons. The summed E-state index contributed by atoms with van der Waals surface area (Å²) in [6, 6.07) is 0. The van der Waals surface area contributed by atoms with E-state index in [1.54, 1.807) is 13.8 Å². The number of ketones is 1. The van der Waals surface area contributed by atoms with Gasteiger partial charge in [0.2, 0.25) is 0 Å². The number of carbonyl (C=O) groups is 1. The van der Waals surface area contributed by atoms with Crippen LogP contribution in [0.4, 0.5) is 13.2 Å². The molecule has 0 aliphatic carbocycles. The minimum absolute atomic E-state index is 0.209. The van der Waals surface area contributed by atoms with Crippen LogP contribution in [0.25, 0.3) is 0 Å². The Hall–Kier alpha value is -0.580. The number of Topliss-reactive ketones (excluding diaryl/α,β-unsaturated/α-hetero) is 1. The molecule has 0 amide bonds. The number of nitrogens with one attached hydrogen (secondary N) is 1. The van der Waals surface area contributed by atoms with Crippen molar-refractivity contribution in [1.29, 1.82) is 0 Å². The zero-order valence-corrected chi connectivity index (χ0v) is 7.03. The zero-order valence-electron chi connectivity index (χ0n) is 7.03. The van der Waals surface area contributed by atoms with Gasteiger partial charge in [0.05, 0.1) is 13.1 Å². The quantitative estimate of drug-likeness (QED) is 0.713. The van der Waals surface area contributed by atoms with Gasteiger partial charge in [0.25, 0.3) is 0 Å². The molecule has 5 heteroatoms. The molecule has 0 aromatic carbocycles. The van der Waals surface area contributed by atoms with Gasteiger partial charge in [-0.25, -0.2) is 0 Å². The fraction of sp³-hybridized carbons (Fsp3) is 0.857. The molecule has 12 heavy (non-hydrogen) atoms. The number of halogens is 3. The van der Waals surface area contributed by atoms with E-state index in [1.165, 1.54) is 0 Å². The molecule has 0 atom stereocenters. The molecular weight excluding hydrogens is 171 g/mol. The van der Waals surface area contributed by atoms with Gasteiger partial charge in [-0.3, -0.25) is 4.79 Å². The van der Waals surface area contributed by atoms with Crippen LogP contribution in [0.2, 0.25) is 0 Å². The standard InChI is InChI=1S/C7H12F3NO/c1-5(2)6(12)3-11-4-7(8,9)10/h5,11H,3-4H2,1-2H3. The summed E-state index contributed by atoms with van der Waals surface area (Å²) in [5.41, 5.74) is 0. The van der Waals surface area contributed by atoms with Crippen LogP contribution in [0.3, 0.4) is 0 Å². The van der Waals surface area contributed by atoms with Gasteiger partial charge in [0.1, 0.15) is 5.78 Å². The minimum Gasteiger partial charge on any atom is -0.302 e. The molecule has 0 aromatic rings. The van der Waals surface area contributed by atoms with E-state index in [9.17, 15) is 18.0 Å². The second kappa shape index (κ2) is 4.45. The molecule has 2 nitrogen and oxygen atoms in total. The van der Waals surface area contributed by atoms with Crippen LogP contribution >= 0.6 is 0 Å². The summed E-state index contributed by atoms with van der Waals surface area (Å²) in [6.07, 6.45) is -4.24. The number of rotatable bonds is 4. The smallest absolute Gasteiger partial charge is 0.302 e. The minimum atomic E-state index is -4.24. The Morgan fingerprint density at radius 2 is 1.92 bits per heavy atom. The van der Waals surface area contributed by atoms with Crippen molar-refractivity contribution in [2.24, 2.45) is 5.92 Å². The molecule has 72 valence electrons. The Morgan fingerprint density at radius 1 is 1.42 bits per heavy atom. The lowest BCUT2D eigenvalue weighted by atomic mass is 10.1. The first kappa shape index (κ1) is 11.4. The van der Waals surface area contributed by atoms with Gasteiger partial charge in [-0.1, -0.05) is 13.8 Å². The van der Waals surface area contributed by atoms with Gasteiger partial charge in [-0.15, -0.1) is 0 Å². The van der Waals surface area contributed by atoms with Crippen molar-refractivity contribution in [2.75, 3.05) is 13.1 Å². The van der Waals surface area contributed by atoms with Crippen molar-refractivity contribution in [2.45, 2.75) is 20.0 Å². The average molecular weight is 183 g/mol. The molecule has 0 rings (SSSR count). The summed E-state index contributed by atoms with van der Waals surface area (Å²) in [4.78, 5) is 10.8. The van der Waals surface area contributed by atoms with E-state index < -0.39 is 12.7 Å². The third-order valence-corrected chi connectivity index (χ3v) is 1.27. The maximum atomic E-state index is 11.5. The lowest BCUT2D eigenvalue weighted by molar-refractivity contribution is -0.128. The van der Waals surface area contributed by atoms with Gasteiger partial charge < -0.3 is 5.32 Å². The van der Waals surface area contributed by atoms with Crippen LogP contribution in [0.5, 0.6) is 0 Å². The van der Waals surface area contributed by atoms with Crippen molar-refractivity contribution in [1.82, 2.24) is 5.32 Å².